The number of benzene rings is 1. The number of primary amides is 2. The fourth-order valence-electron chi connectivity index (χ4n) is 2.55. The average molecular weight is 379 g/mol. The fourth-order valence-corrected chi connectivity index (χ4v) is 2.55. The first-order valence-electron chi connectivity index (χ1n) is 10.0. The molecule has 2 amide bonds. The van der Waals surface area contributed by atoms with Gasteiger partial charge in [0.2, 0.25) is 11.8 Å². The summed E-state index contributed by atoms with van der Waals surface area (Å²) in [6.07, 6.45) is 11.3. The molecule has 6 nitrogen and oxygen atoms in total. The van der Waals surface area contributed by atoms with E-state index in [4.69, 9.17) is 22.9 Å². The second-order valence-electron chi connectivity index (χ2n) is 6.99. The maximum atomic E-state index is 10.6. The maximum Gasteiger partial charge on any atom is 0.248 e. The summed E-state index contributed by atoms with van der Waals surface area (Å²) in [6, 6.07) is 6.70. The Morgan fingerprint density at radius 1 is 0.704 bits per heavy atom. The van der Waals surface area contributed by atoms with E-state index < -0.39 is 11.8 Å². The fraction of sp³-hybridized carbons (Fsp3) is 0.619. The van der Waals surface area contributed by atoms with Crippen LogP contribution in [0, 0.1) is 0 Å². The molecule has 0 fully saturated rings. The van der Waals surface area contributed by atoms with Crippen LogP contribution < -0.4 is 22.9 Å². The van der Waals surface area contributed by atoms with Crippen molar-refractivity contribution in [2.75, 3.05) is 0 Å². The highest BCUT2D eigenvalue weighted by Crippen LogP contribution is 2.10. The number of amides is 2. The van der Waals surface area contributed by atoms with Gasteiger partial charge in [-0.2, -0.15) is 0 Å². The van der Waals surface area contributed by atoms with Crippen molar-refractivity contribution in [3.63, 3.8) is 0 Å². The van der Waals surface area contributed by atoms with E-state index in [1.54, 1.807) is 0 Å². The number of nitrogens with two attached hydrogens (primary N) is 4. The van der Waals surface area contributed by atoms with Crippen molar-refractivity contribution >= 4 is 11.8 Å². The van der Waals surface area contributed by atoms with Crippen molar-refractivity contribution in [1.82, 2.24) is 0 Å². The summed E-state index contributed by atoms with van der Waals surface area (Å²) in [6.45, 7) is 4.33. The largest absolute Gasteiger partial charge is 0.366 e. The van der Waals surface area contributed by atoms with Gasteiger partial charge in [0.15, 0.2) is 0 Å². The maximum absolute atomic E-state index is 10.6. The van der Waals surface area contributed by atoms with Crippen LogP contribution in [0.15, 0.2) is 24.3 Å². The molecule has 27 heavy (non-hydrogen) atoms. The van der Waals surface area contributed by atoms with Crippen molar-refractivity contribution in [2.45, 2.75) is 83.7 Å². The molecule has 0 saturated carbocycles. The van der Waals surface area contributed by atoms with Gasteiger partial charge in [-0.15, -0.1) is 0 Å². The highest BCUT2D eigenvalue weighted by atomic mass is 16.1. The zero-order chi connectivity index (χ0) is 20.7. The molecule has 0 radical (unpaired) electrons. The summed E-state index contributed by atoms with van der Waals surface area (Å²) >= 11 is 0. The van der Waals surface area contributed by atoms with Gasteiger partial charge in [0, 0.05) is 23.2 Å². The molecule has 2 atom stereocenters. The second-order valence-corrected chi connectivity index (χ2v) is 6.99. The zero-order valence-corrected chi connectivity index (χ0v) is 17.0. The zero-order valence-electron chi connectivity index (χ0n) is 17.0. The molecular weight excluding hydrogens is 340 g/mol. The highest BCUT2D eigenvalue weighted by molar-refractivity contribution is 5.96. The van der Waals surface area contributed by atoms with E-state index in [0.717, 1.165) is 12.8 Å². The summed E-state index contributed by atoms with van der Waals surface area (Å²) in [5.41, 5.74) is 22.4. The minimum Gasteiger partial charge on any atom is -0.366 e. The molecular formula is C21H38N4O2. The second kappa shape index (κ2) is 15.2. The Balaban J connectivity index is 0.000000511. The van der Waals surface area contributed by atoms with Crippen LogP contribution in [-0.2, 0) is 0 Å². The Labute approximate surface area is 164 Å². The topological polar surface area (TPSA) is 138 Å². The van der Waals surface area contributed by atoms with Crippen molar-refractivity contribution in [3.8, 4) is 0 Å². The van der Waals surface area contributed by atoms with Crippen LogP contribution in [0.25, 0.3) is 0 Å². The molecule has 0 saturated heterocycles. The van der Waals surface area contributed by atoms with Gasteiger partial charge < -0.3 is 22.9 Å². The molecule has 2 unspecified atom stereocenters. The lowest BCUT2D eigenvalue weighted by molar-refractivity contribution is 0.0988. The number of hydrogen-bond donors (Lipinski definition) is 4. The van der Waals surface area contributed by atoms with E-state index in [1.165, 1.54) is 69.2 Å². The molecule has 0 bridgehead atoms. The Morgan fingerprint density at radius 2 is 1.00 bits per heavy atom. The SMILES string of the molecule is CCC(N)CCCCCCCC(N)CC.NC(=O)c1ccc(C(N)=O)cc1. The molecule has 8 N–H and O–H groups in total. The third-order valence-electron chi connectivity index (χ3n) is 4.65. The summed E-state index contributed by atoms with van der Waals surface area (Å²) in [5.74, 6) is -1.04. The first-order valence-corrected chi connectivity index (χ1v) is 10.0. The molecule has 154 valence electrons. The highest BCUT2D eigenvalue weighted by Gasteiger charge is 2.02. The molecule has 0 aliphatic carbocycles. The molecule has 0 aromatic heterocycles. The third-order valence-corrected chi connectivity index (χ3v) is 4.65. The molecule has 1 aromatic rings. The quantitative estimate of drug-likeness (QED) is 0.415. The molecule has 0 spiro atoms. The van der Waals surface area contributed by atoms with E-state index in [1.807, 2.05) is 0 Å². The monoisotopic (exact) mass is 378 g/mol. The van der Waals surface area contributed by atoms with E-state index in [9.17, 15) is 9.59 Å². The van der Waals surface area contributed by atoms with Gasteiger partial charge in [0.1, 0.15) is 0 Å². The van der Waals surface area contributed by atoms with Gasteiger partial charge >= 0.3 is 0 Å². The van der Waals surface area contributed by atoms with Crippen molar-refractivity contribution in [1.29, 1.82) is 0 Å². The van der Waals surface area contributed by atoms with E-state index in [2.05, 4.69) is 13.8 Å². The molecule has 0 aliphatic rings. The van der Waals surface area contributed by atoms with Gasteiger partial charge in [0.05, 0.1) is 0 Å². The summed E-state index contributed by atoms with van der Waals surface area (Å²) < 4.78 is 0. The number of hydrogen-bond acceptors (Lipinski definition) is 4. The molecule has 1 aromatic carbocycles. The smallest absolute Gasteiger partial charge is 0.248 e. The summed E-state index contributed by atoms with van der Waals surface area (Å²) in [4.78, 5) is 21.2. The van der Waals surface area contributed by atoms with Gasteiger partial charge in [-0.1, -0.05) is 46.0 Å². The molecule has 0 aliphatic heterocycles. The van der Waals surface area contributed by atoms with Crippen molar-refractivity contribution in [2.24, 2.45) is 22.9 Å². The van der Waals surface area contributed by atoms with E-state index in [-0.39, 0.29) is 0 Å². The number of rotatable bonds is 12. The van der Waals surface area contributed by atoms with Crippen LogP contribution in [0.5, 0.6) is 0 Å². The van der Waals surface area contributed by atoms with Crippen LogP contribution in [0.2, 0.25) is 0 Å². The number of carbonyl (C=O) groups excluding carboxylic acids is 2. The number of carbonyl (C=O) groups is 2. The van der Waals surface area contributed by atoms with Gasteiger partial charge in [-0.3, -0.25) is 9.59 Å². The first kappa shape index (κ1) is 25.1. The average Bonchev–Trinajstić information content (AvgIpc) is 2.67. The molecule has 6 heteroatoms. The van der Waals surface area contributed by atoms with Crippen LogP contribution in [-0.4, -0.2) is 23.9 Å². The predicted molar refractivity (Wildman–Crippen MR) is 112 cm³/mol. The van der Waals surface area contributed by atoms with Crippen LogP contribution >= 0.6 is 0 Å². The Hall–Kier alpha value is -1.92. The third kappa shape index (κ3) is 13.0. The summed E-state index contributed by atoms with van der Waals surface area (Å²) in [5, 5.41) is 0. The lowest BCUT2D eigenvalue weighted by Gasteiger charge is -2.09. The van der Waals surface area contributed by atoms with Crippen LogP contribution in [0.3, 0.4) is 0 Å². The Morgan fingerprint density at radius 3 is 1.26 bits per heavy atom. The van der Waals surface area contributed by atoms with Crippen molar-refractivity contribution < 1.29 is 9.59 Å². The normalized spacial score (nSPS) is 12.6. The van der Waals surface area contributed by atoms with Crippen LogP contribution in [0.4, 0.5) is 0 Å². The van der Waals surface area contributed by atoms with Crippen molar-refractivity contribution in [3.05, 3.63) is 35.4 Å². The number of unbranched alkanes of at least 4 members (excludes halogenated alkanes) is 4. The van der Waals surface area contributed by atoms with Crippen LogP contribution in [0.1, 0.15) is 92.4 Å². The Kier molecular flexibility index (Phi) is 14.1. The van der Waals surface area contributed by atoms with Gasteiger partial charge in [0.25, 0.3) is 0 Å². The minimum absolute atomic E-state index is 0.361. The first-order chi connectivity index (χ1) is 12.8. The predicted octanol–water partition coefficient (Wildman–Crippen LogP) is 3.08. The van der Waals surface area contributed by atoms with Gasteiger partial charge in [-0.05, 0) is 49.9 Å². The molecule has 0 heterocycles. The van der Waals surface area contributed by atoms with E-state index >= 15 is 0 Å². The standard InChI is InChI=1S/C13H30N2.C8H8N2O2/c1-3-12(14)10-8-6-5-7-9-11-13(15)4-2;9-7(11)5-1-2-6(4-3-5)8(10)12/h12-13H,3-11,14-15H2,1-2H3;1-4H,(H2,9,11)(H2,10,12). The summed E-state index contributed by atoms with van der Waals surface area (Å²) in [7, 11) is 0. The minimum atomic E-state index is -0.522. The Bertz CT molecular complexity index is 484. The van der Waals surface area contributed by atoms with Gasteiger partial charge in [-0.25, -0.2) is 0 Å². The lowest BCUT2D eigenvalue weighted by Crippen LogP contribution is -2.18. The molecule has 1 rings (SSSR count). The van der Waals surface area contributed by atoms with E-state index in [0.29, 0.717) is 23.2 Å². The lowest BCUT2D eigenvalue weighted by atomic mass is 10.0.